The van der Waals surface area contributed by atoms with Gasteiger partial charge in [-0.15, -0.1) is 0 Å². The highest BCUT2D eigenvalue weighted by molar-refractivity contribution is 6.31. The van der Waals surface area contributed by atoms with Gasteiger partial charge in [-0.25, -0.2) is 9.59 Å². The summed E-state index contributed by atoms with van der Waals surface area (Å²) in [5.41, 5.74) is 0.194. The number of likely N-dealkylation sites (N-methyl/N-ethyl adjacent to an activating group) is 1. The summed E-state index contributed by atoms with van der Waals surface area (Å²) in [6.45, 7) is 1.57. The second-order valence-electron chi connectivity index (χ2n) is 5.11. The number of carbonyl (C=O) groups excluding carboxylic acids is 1. The molecule has 1 fully saturated rings. The van der Waals surface area contributed by atoms with E-state index >= 15 is 0 Å². The maximum atomic E-state index is 11.9. The molecule has 2 amide bonds. The van der Waals surface area contributed by atoms with Gasteiger partial charge in [0.05, 0.1) is 11.3 Å². The summed E-state index contributed by atoms with van der Waals surface area (Å²) in [7, 11) is 2.02. The molecule has 1 atom stereocenters. The van der Waals surface area contributed by atoms with Gasteiger partial charge in [0.15, 0.2) is 0 Å². The maximum absolute atomic E-state index is 11.9. The third-order valence-corrected chi connectivity index (χ3v) is 3.87. The molecule has 1 aliphatic rings. The number of halogens is 1. The first-order chi connectivity index (χ1) is 9.97. The quantitative estimate of drug-likeness (QED) is 0.796. The average Bonchev–Trinajstić information content (AvgIpc) is 2.81. The van der Waals surface area contributed by atoms with Gasteiger partial charge < -0.3 is 20.6 Å². The van der Waals surface area contributed by atoms with E-state index in [9.17, 15) is 9.59 Å². The lowest BCUT2D eigenvalue weighted by Crippen LogP contribution is -2.40. The van der Waals surface area contributed by atoms with Crippen molar-refractivity contribution in [2.24, 2.45) is 0 Å². The lowest BCUT2D eigenvalue weighted by Gasteiger charge is -2.20. The van der Waals surface area contributed by atoms with Crippen LogP contribution in [0.2, 0.25) is 5.02 Å². The summed E-state index contributed by atoms with van der Waals surface area (Å²) in [4.78, 5) is 25.2. The van der Waals surface area contributed by atoms with Crippen molar-refractivity contribution in [1.82, 2.24) is 10.2 Å². The van der Waals surface area contributed by atoms with E-state index in [2.05, 4.69) is 15.5 Å². The Morgan fingerprint density at radius 2 is 2.24 bits per heavy atom. The first-order valence-corrected chi connectivity index (χ1v) is 7.13. The molecule has 21 heavy (non-hydrogen) atoms. The Morgan fingerprint density at radius 3 is 2.86 bits per heavy atom. The molecule has 7 heteroatoms. The fourth-order valence-electron chi connectivity index (χ4n) is 2.42. The normalized spacial score (nSPS) is 18.5. The molecule has 1 unspecified atom stereocenters. The third kappa shape index (κ3) is 4.09. The lowest BCUT2D eigenvalue weighted by atomic mass is 10.2. The van der Waals surface area contributed by atoms with Gasteiger partial charge in [-0.2, -0.15) is 0 Å². The van der Waals surface area contributed by atoms with Crippen LogP contribution in [0.5, 0.6) is 0 Å². The highest BCUT2D eigenvalue weighted by Gasteiger charge is 2.21. The minimum absolute atomic E-state index is 0.00698. The zero-order valence-electron chi connectivity index (χ0n) is 11.7. The molecule has 1 aromatic rings. The minimum atomic E-state index is -1.11. The van der Waals surface area contributed by atoms with E-state index < -0.39 is 12.0 Å². The van der Waals surface area contributed by atoms with Crippen molar-refractivity contribution in [2.75, 3.05) is 25.5 Å². The van der Waals surface area contributed by atoms with Crippen LogP contribution in [-0.2, 0) is 0 Å². The van der Waals surface area contributed by atoms with Crippen LogP contribution in [-0.4, -0.2) is 48.2 Å². The second kappa shape index (κ2) is 6.78. The topological polar surface area (TPSA) is 81.7 Å². The molecule has 1 heterocycles. The monoisotopic (exact) mass is 311 g/mol. The molecule has 2 rings (SSSR count). The number of carboxylic acids is 1. The molecule has 0 bridgehead atoms. The van der Waals surface area contributed by atoms with E-state index in [1.165, 1.54) is 18.2 Å². The van der Waals surface area contributed by atoms with Crippen molar-refractivity contribution < 1.29 is 14.7 Å². The smallest absolute Gasteiger partial charge is 0.337 e. The van der Waals surface area contributed by atoms with Gasteiger partial charge >= 0.3 is 12.0 Å². The molecule has 1 saturated heterocycles. The zero-order chi connectivity index (χ0) is 15.4. The summed E-state index contributed by atoms with van der Waals surface area (Å²) in [6.07, 6.45) is 2.18. The molecule has 3 N–H and O–H groups in total. The number of urea groups is 1. The minimum Gasteiger partial charge on any atom is -0.478 e. The molecule has 114 valence electrons. The Morgan fingerprint density at radius 1 is 1.48 bits per heavy atom. The standard InChI is InChI=1S/C14H18ClN3O3/c1-18-6-2-3-10(18)8-16-14(21)17-12-7-9(15)4-5-11(12)13(19)20/h4-5,7,10H,2-3,6,8H2,1H3,(H,19,20)(H2,16,17,21). The van der Waals surface area contributed by atoms with E-state index in [0.717, 1.165) is 19.4 Å². The number of nitrogens with zero attached hydrogens (tertiary/aromatic N) is 1. The van der Waals surface area contributed by atoms with E-state index in [-0.39, 0.29) is 11.3 Å². The van der Waals surface area contributed by atoms with Gasteiger partial charge in [0.2, 0.25) is 0 Å². The summed E-state index contributed by atoms with van der Waals surface area (Å²) in [5.74, 6) is -1.11. The fourth-order valence-corrected chi connectivity index (χ4v) is 2.59. The Balaban J connectivity index is 1.96. The number of hydrogen-bond acceptors (Lipinski definition) is 3. The van der Waals surface area contributed by atoms with Gasteiger partial charge in [0.1, 0.15) is 0 Å². The number of aromatic carboxylic acids is 1. The largest absolute Gasteiger partial charge is 0.478 e. The first kappa shape index (κ1) is 15.6. The summed E-state index contributed by atoms with van der Waals surface area (Å²) in [5, 5.41) is 14.8. The fraction of sp³-hybridized carbons (Fsp3) is 0.429. The summed E-state index contributed by atoms with van der Waals surface area (Å²) < 4.78 is 0. The number of likely N-dealkylation sites (tertiary alicyclic amines) is 1. The van der Waals surface area contributed by atoms with Crippen LogP contribution in [0, 0.1) is 0 Å². The van der Waals surface area contributed by atoms with Gasteiger partial charge in [-0.3, -0.25) is 0 Å². The van der Waals surface area contributed by atoms with Crippen LogP contribution in [0.25, 0.3) is 0 Å². The zero-order valence-corrected chi connectivity index (χ0v) is 12.5. The second-order valence-corrected chi connectivity index (χ2v) is 5.54. The van der Waals surface area contributed by atoms with Crippen LogP contribution in [0.1, 0.15) is 23.2 Å². The van der Waals surface area contributed by atoms with Gasteiger partial charge in [0, 0.05) is 17.6 Å². The SMILES string of the molecule is CN1CCCC1CNC(=O)Nc1cc(Cl)ccc1C(=O)O. The lowest BCUT2D eigenvalue weighted by molar-refractivity contribution is 0.0698. The number of benzene rings is 1. The predicted molar refractivity (Wildman–Crippen MR) is 81.1 cm³/mol. The number of rotatable bonds is 4. The van der Waals surface area contributed by atoms with Crippen LogP contribution in [0.3, 0.4) is 0 Å². The Labute approximate surface area is 128 Å². The molecule has 1 aliphatic heterocycles. The van der Waals surface area contributed by atoms with E-state index in [4.69, 9.17) is 16.7 Å². The molecule has 0 radical (unpaired) electrons. The van der Waals surface area contributed by atoms with Crippen molar-refractivity contribution in [2.45, 2.75) is 18.9 Å². The number of nitrogens with one attached hydrogen (secondary N) is 2. The third-order valence-electron chi connectivity index (χ3n) is 3.63. The Bertz CT molecular complexity index is 550. The first-order valence-electron chi connectivity index (χ1n) is 6.75. The maximum Gasteiger partial charge on any atom is 0.337 e. The Hall–Kier alpha value is -1.79. The summed E-state index contributed by atoms with van der Waals surface area (Å²) >= 11 is 5.83. The van der Waals surface area contributed by atoms with Crippen molar-refractivity contribution in [3.8, 4) is 0 Å². The molecule has 0 saturated carbocycles. The molecule has 6 nitrogen and oxygen atoms in total. The Kier molecular flexibility index (Phi) is 5.03. The molecule has 0 aromatic heterocycles. The van der Waals surface area contributed by atoms with Crippen LogP contribution in [0.15, 0.2) is 18.2 Å². The number of carboxylic acid groups (broad SMARTS) is 1. The van der Waals surface area contributed by atoms with Crippen LogP contribution in [0.4, 0.5) is 10.5 Å². The predicted octanol–water partition coefficient (Wildman–Crippen LogP) is 2.25. The number of anilines is 1. The van der Waals surface area contributed by atoms with Crippen molar-refractivity contribution in [3.63, 3.8) is 0 Å². The van der Waals surface area contributed by atoms with E-state index in [1.54, 1.807) is 0 Å². The molecular formula is C14H18ClN3O3. The average molecular weight is 312 g/mol. The molecule has 1 aromatic carbocycles. The molecule has 0 aliphatic carbocycles. The number of carbonyl (C=O) groups is 2. The van der Waals surface area contributed by atoms with Crippen LogP contribution < -0.4 is 10.6 Å². The van der Waals surface area contributed by atoms with Crippen LogP contribution >= 0.6 is 11.6 Å². The van der Waals surface area contributed by atoms with Crippen molar-refractivity contribution in [3.05, 3.63) is 28.8 Å². The summed E-state index contributed by atoms with van der Waals surface area (Å²) in [6, 6.07) is 4.16. The molecule has 0 spiro atoms. The van der Waals surface area contributed by atoms with E-state index in [1.807, 2.05) is 7.05 Å². The van der Waals surface area contributed by atoms with Crippen molar-refractivity contribution >= 4 is 29.3 Å². The highest BCUT2D eigenvalue weighted by atomic mass is 35.5. The molecular weight excluding hydrogens is 294 g/mol. The van der Waals surface area contributed by atoms with Gasteiger partial charge in [-0.05, 0) is 44.6 Å². The number of hydrogen-bond donors (Lipinski definition) is 3. The highest BCUT2D eigenvalue weighted by Crippen LogP contribution is 2.21. The van der Waals surface area contributed by atoms with Gasteiger partial charge in [0.25, 0.3) is 0 Å². The van der Waals surface area contributed by atoms with Gasteiger partial charge in [-0.1, -0.05) is 11.6 Å². The number of amides is 2. The van der Waals surface area contributed by atoms with Crippen molar-refractivity contribution in [1.29, 1.82) is 0 Å². The van der Waals surface area contributed by atoms with E-state index in [0.29, 0.717) is 17.6 Å².